The zero-order valence-corrected chi connectivity index (χ0v) is 13.7. The third kappa shape index (κ3) is 4.00. The second kappa shape index (κ2) is 6.38. The van der Waals surface area contributed by atoms with E-state index in [1.165, 1.54) is 7.11 Å². The molecule has 120 valence electrons. The van der Waals surface area contributed by atoms with E-state index < -0.39 is 5.97 Å². The Balaban J connectivity index is 2.32. The zero-order chi connectivity index (χ0) is 16.3. The second-order valence-electron chi connectivity index (χ2n) is 6.82. The van der Waals surface area contributed by atoms with E-state index in [0.29, 0.717) is 18.5 Å². The largest absolute Gasteiger partial charge is 0.465 e. The van der Waals surface area contributed by atoms with Gasteiger partial charge in [0.2, 0.25) is 5.91 Å². The van der Waals surface area contributed by atoms with Crippen LogP contribution in [0.2, 0.25) is 0 Å². The van der Waals surface area contributed by atoms with Crippen LogP contribution in [0.3, 0.4) is 0 Å². The molecule has 5 heteroatoms. The number of ether oxygens (including phenoxy) is 1. The van der Waals surface area contributed by atoms with E-state index in [1.807, 2.05) is 6.07 Å². The van der Waals surface area contributed by atoms with Gasteiger partial charge in [0.15, 0.2) is 0 Å². The quantitative estimate of drug-likeness (QED) is 0.869. The number of nitrogens with zero attached hydrogens (tertiary/aromatic N) is 1. The number of nitrogens with one attached hydrogen (secondary N) is 1. The van der Waals surface area contributed by atoms with Crippen LogP contribution < -0.4 is 10.2 Å². The first-order chi connectivity index (χ1) is 10.3. The van der Waals surface area contributed by atoms with Gasteiger partial charge in [-0.1, -0.05) is 20.8 Å². The van der Waals surface area contributed by atoms with E-state index in [-0.39, 0.29) is 11.3 Å². The van der Waals surface area contributed by atoms with Crippen molar-refractivity contribution >= 4 is 23.3 Å². The molecule has 22 heavy (non-hydrogen) atoms. The molecule has 5 nitrogen and oxygen atoms in total. The van der Waals surface area contributed by atoms with Crippen molar-refractivity contribution in [2.24, 2.45) is 5.41 Å². The molecule has 1 aromatic carbocycles. The topological polar surface area (TPSA) is 58.6 Å². The maximum absolute atomic E-state index is 11.9. The van der Waals surface area contributed by atoms with E-state index >= 15 is 0 Å². The monoisotopic (exact) mass is 304 g/mol. The number of hydrogen-bond donors (Lipinski definition) is 1. The first kappa shape index (κ1) is 16.3. The molecule has 0 bridgehead atoms. The summed E-state index contributed by atoms with van der Waals surface area (Å²) < 4.78 is 4.81. The summed E-state index contributed by atoms with van der Waals surface area (Å²) in [5.74, 6) is -0.295. The smallest absolute Gasteiger partial charge is 0.337 e. The number of rotatable bonds is 4. The fraction of sp³-hybridized carbons (Fsp3) is 0.529. The normalized spacial score (nSPS) is 15.1. The van der Waals surface area contributed by atoms with Crippen LogP contribution in [0.1, 0.15) is 44.0 Å². The van der Waals surface area contributed by atoms with Gasteiger partial charge < -0.3 is 15.0 Å². The Morgan fingerprint density at radius 2 is 2.05 bits per heavy atom. The molecular formula is C17H24N2O3. The van der Waals surface area contributed by atoms with Gasteiger partial charge in [-0.2, -0.15) is 0 Å². The average Bonchev–Trinajstić information content (AvgIpc) is 2.89. The summed E-state index contributed by atoms with van der Waals surface area (Å²) in [4.78, 5) is 25.5. The predicted molar refractivity (Wildman–Crippen MR) is 87.3 cm³/mol. The van der Waals surface area contributed by atoms with E-state index in [4.69, 9.17) is 4.74 Å². The van der Waals surface area contributed by atoms with Crippen molar-refractivity contribution in [3.8, 4) is 0 Å². The molecule has 1 heterocycles. The standard InChI is InChI=1S/C17H24N2O3/c1-17(2,3)11-18-13-8-12(16(21)22-4)9-14(10-13)19-7-5-6-15(19)20/h8-10,18H,5-7,11H2,1-4H3. The molecule has 1 N–H and O–H groups in total. The number of hydrogen-bond acceptors (Lipinski definition) is 4. The maximum Gasteiger partial charge on any atom is 0.337 e. The van der Waals surface area contributed by atoms with Crippen LogP contribution in [0.25, 0.3) is 0 Å². The fourth-order valence-corrected chi connectivity index (χ4v) is 2.39. The van der Waals surface area contributed by atoms with Crippen molar-refractivity contribution in [2.75, 3.05) is 30.4 Å². The summed E-state index contributed by atoms with van der Waals surface area (Å²) >= 11 is 0. The Kier molecular flexibility index (Phi) is 4.74. The molecule has 0 radical (unpaired) electrons. The van der Waals surface area contributed by atoms with Gasteiger partial charge in [-0.25, -0.2) is 4.79 Å². The van der Waals surface area contributed by atoms with Crippen LogP contribution in [0.5, 0.6) is 0 Å². The third-order valence-electron chi connectivity index (χ3n) is 3.55. The van der Waals surface area contributed by atoms with Crippen molar-refractivity contribution in [3.63, 3.8) is 0 Å². The summed E-state index contributed by atoms with van der Waals surface area (Å²) in [6, 6.07) is 5.40. The van der Waals surface area contributed by atoms with Gasteiger partial charge >= 0.3 is 5.97 Å². The van der Waals surface area contributed by atoms with Gasteiger partial charge in [-0.3, -0.25) is 4.79 Å². The van der Waals surface area contributed by atoms with E-state index in [2.05, 4.69) is 26.1 Å². The molecule has 1 aliphatic rings. The highest BCUT2D eigenvalue weighted by atomic mass is 16.5. The van der Waals surface area contributed by atoms with Gasteiger partial charge in [0.05, 0.1) is 12.7 Å². The van der Waals surface area contributed by atoms with Gasteiger partial charge in [-0.05, 0) is 30.0 Å². The van der Waals surface area contributed by atoms with Crippen molar-refractivity contribution in [1.82, 2.24) is 0 Å². The summed E-state index contributed by atoms with van der Waals surface area (Å²) in [5, 5.41) is 3.34. The Morgan fingerprint density at radius 1 is 1.32 bits per heavy atom. The van der Waals surface area contributed by atoms with E-state index in [0.717, 1.165) is 24.3 Å². The SMILES string of the molecule is COC(=O)c1cc(NCC(C)(C)C)cc(N2CCCC2=O)c1. The first-order valence-electron chi connectivity index (χ1n) is 7.58. The lowest BCUT2D eigenvalue weighted by atomic mass is 9.97. The van der Waals surface area contributed by atoms with Gasteiger partial charge in [0, 0.05) is 30.9 Å². The van der Waals surface area contributed by atoms with Crippen LogP contribution in [-0.4, -0.2) is 32.1 Å². The van der Waals surface area contributed by atoms with Crippen molar-refractivity contribution in [1.29, 1.82) is 0 Å². The number of esters is 1. The number of carbonyl (C=O) groups excluding carboxylic acids is 2. The summed E-state index contributed by atoms with van der Waals surface area (Å²) in [7, 11) is 1.36. The molecule has 0 aliphatic carbocycles. The number of anilines is 2. The Labute approximate surface area is 131 Å². The molecule has 0 unspecified atom stereocenters. The second-order valence-corrected chi connectivity index (χ2v) is 6.82. The van der Waals surface area contributed by atoms with Gasteiger partial charge in [0.25, 0.3) is 0 Å². The predicted octanol–water partition coefficient (Wildman–Crippen LogP) is 3.06. The molecule has 0 atom stereocenters. The number of carbonyl (C=O) groups is 2. The summed E-state index contributed by atoms with van der Waals surface area (Å²) in [6.45, 7) is 7.87. The molecule has 0 spiro atoms. The van der Waals surface area contributed by atoms with Crippen molar-refractivity contribution in [2.45, 2.75) is 33.6 Å². The van der Waals surface area contributed by atoms with Crippen molar-refractivity contribution < 1.29 is 14.3 Å². The lowest BCUT2D eigenvalue weighted by Crippen LogP contribution is -2.24. The van der Waals surface area contributed by atoms with E-state index in [9.17, 15) is 9.59 Å². The molecular weight excluding hydrogens is 280 g/mol. The molecule has 0 saturated carbocycles. The maximum atomic E-state index is 11.9. The van der Waals surface area contributed by atoms with Crippen LogP contribution >= 0.6 is 0 Å². The van der Waals surface area contributed by atoms with Crippen LogP contribution in [0, 0.1) is 5.41 Å². The third-order valence-corrected chi connectivity index (χ3v) is 3.55. The molecule has 1 aromatic rings. The van der Waals surface area contributed by atoms with Crippen molar-refractivity contribution in [3.05, 3.63) is 23.8 Å². The number of benzene rings is 1. The Bertz CT molecular complexity index is 576. The fourth-order valence-electron chi connectivity index (χ4n) is 2.39. The average molecular weight is 304 g/mol. The molecule has 1 amide bonds. The van der Waals surface area contributed by atoms with Crippen LogP contribution in [0.15, 0.2) is 18.2 Å². The molecule has 1 aliphatic heterocycles. The minimum Gasteiger partial charge on any atom is -0.465 e. The Hall–Kier alpha value is -2.04. The lowest BCUT2D eigenvalue weighted by Gasteiger charge is -2.22. The molecule has 1 saturated heterocycles. The molecule has 1 fully saturated rings. The highest BCUT2D eigenvalue weighted by Crippen LogP contribution is 2.27. The molecule has 2 rings (SSSR count). The first-order valence-corrected chi connectivity index (χ1v) is 7.58. The van der Waals surface area contributed by atoms with Crippen LogP contribution in [-0.2, 0) is 9.53 Å². The van der Waals surface area contributed by atoms with Gasteiger partial charge in [-0.15, -0.1) is 0 Å². The minimum atomic E-state index is -0.396. The van der Waals surface area contributed by atoms with E-state index in [1.54, 1.807) is 17.0 Å². The molecule has 0 aromatic heterocycles. The highest BCUT2D eigenvalue weighted by Gasteiger charge is 2.23. The zero-order valence-electron chi connectivity index (χ0n) is 13.7. The minimum absolute atomic E-state index is 0.101. The highest BCUT2D eigenvalue weighted by molar-refractivity contribution is 5.98. The lowest BCUT2D eigenvalue weighted by molar-refractivity contribution is -0.117. The number of amides is 1. The van der Waals surface area contributed by atoms with Crippen LogP contribution in [0.4, 0.5) is 11.4 Å². The Morgan fingerprint density at radius 3 is 2.59 bits per heavy atom. The summed E-state index contributed by atoms with van der Waals surface area (Å²) in [6.07, 6.45) is 1.42. The van der Waals surface area contributed by atoms with Gasteiger partial charge in [0.1, 0.15) is 0 Å². The summed E-state index contributed by atoms with van der Waals surface area (Å²) in [5.41, 5.74) is 2.15. The number of methoxy groups -OCH3 is 1.